The van der Waals surface area contributed by atoms with Crippen LogP contribution in [0, 0.1) is 5.92 Å². The minimum Gasteiger partial charge on any atom is -0.310 e. The molecule has 1 aliphatic rings. The van der Waals surface area contributed by atoms with Gasteiger partial charge in [0.25, 0.3) is 0 Å². The Morgan fingerprint density at radius 2 is 2.62 bits per heavy atom. The third-order valence-corrected chi connectivity index (χ3v) is 4.23. The highest BCUT2D eigenvalue weighted by Crippen LogP contribution is 2.22. The summed E-state index contributed by atoms with van der Waals surface area (Å²) in [5, 5.41) is 6.69. The highest BCUT2D eigenvalue weighted by atomic mass is 32.2. The molecule has 1 fully saturated rings. The van der Waals surface area contributed by atoms with Crippen LogP contribution in [0.2, 0.25) is 0 Å². The molecule has 1 unspecified atom stereocenters. The van der Waals surface area contributed by atoms with E-state index in [1.807, 2.05) is 11.6 Å². The SMILES string of the molecule is c1csc(CNCC2CCSC2)n1. The van der Waals surface area contributed by atoms with Gasteiger partial charge in [-0.15, -0.1) is 11.3 Å². The molecule has 0 amide bonds. The molecule has 4 heteroatoms. The van der Waals surface area contributed by atoms with Gasteiger partial charge in [-0.3, -0.25) is 0 Å². The van der Waals surface area contributed by atoms with Gasteiger partial charge in [0.1, 0.15) is 5.01 Å². The maximum Gasteiger partial charge on any atom is 0.106 e. The van der Waals surface area contributed by atoms with Gasteiger partial charge in [0, 0.05) is 18.1 Å². The van der Waals surface area contributed by atoms with Crippen molar-refractivity contribution in [3.63, 3.8) is 0 Å². The first kappa shape index (κ1) is 9.49. The van der Waals surface area contributed by atoms with E-state index < -0.39 is 0 Å². The van der Waals surface area contributed by atoms with Crippen molar-refractivity contribution in [2.24, 2.45) is 5.92 Å². The Hall–Kier alpha value is -0.0600. The molecule has 1 aromatic heterocycles. The minimum atomic E-state index is 0.893. The number of hydrogen-bond acceptors (Lipinski definition) is 4. The zero-order valence-electron chi connectivity index (χ0n) is 7.53. The van der Waals surface area contributed by atoms with Gasteiger partial charge < -0.3 is 5.32 Å². The first-order valence-corrected chi connectivity index (χ1v) is 6.65. The average Bonchev–Trinajstić information content (AvgIpc) is 2.75. The zero-order chi connectivity index (χ0) is 8.93. The molecule has 0 saturated carbocycles. The molecule has 0 spiro atoms. The van der Waals surface area contributed by atoms with E-state index in [4.69, 9.17) is 0 Å². The predicted molar refractivity (Wildman–Crippen MR) is 59.3 cm³/mol. The van der Waals surface area contributed by atoms with Gasteiger partial charge in [0.05, 0.1) is 0 Å². The first-order valence-electron chi connectivity index (χ1n) is 4.62. The zero-order valence-corrected chi connectivity index (χ0v) is 9.16. The molecule has 1 N–H and O–H groups in total. The second-order valence-corrected chi connectivity index (χ2v) is 5.42. The van der Waals surface area contributed by atoms with Gasteiger partial charge in [-0.25, -0.2) is 4.98 Å². The van der Waals surface area contributed by atoms with E-state index in [1.165, 1.54) is 22.9 Å². The van der Waals surface area contributed by atoms with Crippen molar-refractivity contribution in [1.82, 2.24) is 10.3 Å². The van der Waals surface area contributed by atoms with Crippen LogP contribution in [0.4, 0.5) is 0 Å². The molecule has 0 radical (unpaired) electrons. The smallest absolute Gasteiger partial charge is 0.106 e. The van der Waals surface area contributed by atoms with E-state index in [2.05, 4.69) is 22.1 Å². The number of nitrogens with one attached hydrogen (secondary N) is 1. The summed E-state index contributed by atoms with van der Waals surface area (Å²) in [6, 6.07) is 0. The Balaban J connectivity index is 1.63. The molecule has 1 saturated heterocycles. The van der Waals surface area contributed by atoms with E-state index in [0.29, 0.717) is 0 Å². The molecule has 1 atom stereocenters. The Labute approximate surface area is 87.1 Å². The molecule has 13 heavy (non-hydrogen) atoms. The molecular weight excluding hydrogens is 200 g/mol. The van der Waals surface area contributed by atoms with Gasteiger partial charge in [0.15, 0.2) is 0 Å². The standard InChI is InChI=1S/C9H14N2S2/c1-3-12-7-8(1)5-10-6-9-11-2-4-13-9/h2,4,8,10H,1,3,5-7H2. The summed E-state index contributed by atoms with van der Waals surface area (Å²) < 4.78 is 0. The van der Waals surface area contributed by atoms with Gasteiger partial charge in [-0.2, -0.15) is 11.8 Å². The van der Waals surface area contributed by atoms with E-state index in [1.54, 1.807) is 11.3 Å². The summed E-state index contributed by atoms with van der Waals surface area (Å²) in [6.07, 6.45) is 3.25. The number of nitrogens with zero attached hydrogens (tertiary/aromatic N) is 1. The average molecular weight is 214 g/mol. The maximum atomic E-state index is 4.23. The van der Waals surface area contributed by atoms with E-state index in [0.717, 1.165) is 19.0 Å². The van der Waals surface area contributed by atoms with Crippen molar-refractivity contribution in [2.45, 2.75) is 13.0 Å². The summed E-state index contributed by atoms with van der Waals surface area (Å²) in [7, 11) is 0. The Morgan fingerprint density at radius 1 is 1.62 bits per heavy atom. The summed E-state index contributed by atoms with van der Waals surface area (Å²) in [5.74, 6) is 3.58. The van der Waals surface area contributed by atoms with Crippen molar-refractivity contribution >= 4 is 23.1 Å². The number of hydrogen-bond donors (Lipinski definition) is 1. The predicted octanol–water partition coefficient (Wildman–Crippen LogP) is 1.99. The van der Waals surface area contributed by atoms with Crippen molar-refractivity contribution in [3.8, 4) is 0 Å². The van der Waals surface area contributed by atoms with Crippen LogP contribution in [-0.2, 0) is 6.54 Å². The molecule has 2 nitrogen and oxygen atoms in total. The fourth-order valence-electron chi connectivity index (χ4n) is 1.47. The number of thiazole rings is 1. The molecule has 0 aromatic carbocycles. The summed E-state index contributed by atoms with van der Waals surface area (Å²) in [5.41, 5.74) is 0. The van der Waals surface area contributed by atoms with E-state index in [9.17, 15) is 0 Å². The van der Waals surface area contributed by atoms with Gasteiger partial charge in [-0.05, 0) is 30.4 Å². The van der Waals surface area contributed by atoms with Gasteiger partial charge in [-0.1, -0.05) is 0 Å². The van der Waals surface area contributed by atoms with Gasteiger partial charge in [0.2, 0.25) is 0 Å². The lowest BCUT2D eigenvalue weighted by molar-refractivity contribution is 0.523. The number of rotatable bonds is 4. The molecule has 2 heterocycles. The lowest BCUT2D eigenvalue weighted by atomic mass is 10.1. The summed E-state index contributed by atoms with van der Waals surface area (Å²) in [6.45, 7) is 2.10. The second kappa shape index (κ2) is 4.98. The van der Waals surface area contributed by atoms with Crippen LogP contribution in [-0.4, -0.2) is 23.0 Å². The normalized spacial score (nSPS) is 22.3. The van der Waals surface area contributed by atoms with Crippen LogP contribution < -0.4 is 5.32 Å². The molecule has 2 rings (SSSR count). The summed E-state index contributed by atoms with van der Waals surface area (Å²) in [4.78, 5) is 4.23. The monoisotopic (exact) mass is 214 g/mol. The first-order chi connectivity index (χ1) is 6.45. The van der Waals surface area contributed by atoms with Crippen molar-refractivity contribution in [1.29, 1.82) is 0 Å². The Morgan fingerprint density at radius 3 is 3.31 bits per heavy atom. The fraction of sp³-hybridized carbons (Fsp3) is 0.667. The Kier molecular flexibility index (Phi) is 3.64. The van der Waals surface area contributed by atoms with E-state index in [-0.39, 0.29) is 0 Å². The fourth-order valence-corrected chi connectivity index (χ4v) is 3.34. The lowest BCUT2D eigenvalue weighted by Crippen LogP contribution is -2.22. The lowest BCUT2D eigenvalue weighted by Gasteiger charge is -2.07. The van der Waals surface area contributed by atoms with Crippen molar-refractivity contribution in [3.05, 3.63) is 16.6 Å². The third kappa shape index (κ3) is 2.97. The summed E-state index contributed by atoms with van der Waals surface area (Å²) >= 11 is 3.80. The molecule has 0 bridgehead atoms. The van der Waals surface area contributed by atoms with Crippen LogP contribution in [0.15, 0.2) is 11.6 Å². The quantitative estimate of drug-likeness (QED) is 0.829. The van der Waals surface area contributed by atoms with Crippen LogP contribution >= 0.6 is 23.1 Å². The van der Waals surface area contributed by atoms with E-state index >= 15 is 0 Å². The topological polar surface area (TPSA) is 24.9 Å². The van der Waals surface area contributed by atoms with Crippen molar-refractivity contribution < 1.29 is 0 Å². The van der Waals surface area contributed by atoms with Crippen molar-refractivity contribution in [2.75, 3.05) is 18.1 Å². The third-order valence-electron chi connectivity index (χ3n) is 2.22. The maximum absolute atomic E-state index is 4.23. The van der Waals surface area contributed by atoms with Gasteiger partial charge >= 0.3 is 0 Å². The number of aromatic nitrogens is 1. The number of thioether (sulfide) groups is 1. The van der Waals surface area contributed by atoms with Crippen LogP contribution in [0.25, 0.3) is 0 Å². The van der Waals surface area contributed by atoms with Crippen LogP contribution in [0.3, 0.4) is 0 Å². The Bertz CT molecular complexity index is 230. The molecule has 1 aromatic rings. The minimum absolute atomic E-state index is 0.893. The van der Waals surface area contributed by atoms with Crippen LogP contribution in [0.1, 0.15) is 11.4 Å². The van der Waals surface area contributed by atoms with Crippen LogP contribution in [0.5, 0.6) is 0 Å². The molecule has 72 valence electrons. The molecule has 0 aliphatic carbocycles. The largest absolute Gasteiger partial charge is 0.310 e. The molecular formula is C9H14N2S2. The highest BCUT2D eigenvalue weighted by Gasteiger charge is 2.14. The highest BCUT2D eigenvalue weighted by molar-refractivity contribution is 7.99. The second-order valence-electron chi connectivity index (χ2n) is 3.29. The molecule has 1 aliphatic heterocycles.